The van der Waals surface area contributed by atoms with Crippen LogP contribution in [-0.4, -0.2) is 23.1 Å². The van der Waals surface area contributed by atoms with E-state index >= 15 is 0 Å². The van der Waals surface area contributed by atoms with Crippen molar-refractivity contribution in [2.45, 2.75) is 11.8 Å². The second-order valence-electron chi connectivity index (χ2n) is 8.24. The molecule has 0 bridgehead atoms. The minimum Gasteiger partial charge on any atom is -0.293 e. The third kappa shape index (κ3) is 4.27. The van der Waals surface area contributed by atoms with Crippen LogP contribution in [0.3, 0.4) is 0 Å². The largest absolute Gasteiger partial charge is 0.293 e. The van der Waals surface area contributed by atoms with E-state index < -0.39 is 11.8 Å². The van der Waals surface area contributed by atoms with E-state index in [1.807, 2.05) is 60.7 Å². The summed E-state index contributed by atoms with van der Waals surface area (Å²) in [5, 5.41) is 0. The van der Waals surface area contributed by atoms with E-state index in [4.69, 9.17) is 0 Å². The molecule has 35 heavy (non-hydrogen) atoms. The molecule has 172 valence electrons. The standard InChI is InChI=1S/2C15H10O2.H2S/c2*16-14-11-8-4-5-9-12(11)15(17)13(14)10-6-2-1-3-7-10;/h2*1-9,13H;1H2. The van der Waals surface area contributed by atoms with Crippen molar-refractivity contribution in [3.05, 3.63) is 143 Å². The number of carbonyl (C=O) groups is 4. The highest BCUT2D eigenvalue weighted by Gasteiger charge is 2.39. The van der Waals surface area contributed by atoms with Crippen LogP contribution in [0.2, 0.25) is 0 Å². The molecule has 0 aromatic heterocycles. The van der Waals surface area contributed by atoms with E-state index in [1.165, 1.54) is 0 Å². The molecule has 0 aliphatic heterocycles. The van der Waals surface area contributed by atoms with Crippen LogP contribution in [-0.2, 0) is 0 Å². The molecular formula is C30H22O4S. The van der Waals surface area contributed by atoms with Crippen molar-refractivity contribution in [2.24, 2.45) is 0 Å². The lowest BCUT2D eigenvalue weighted by atomic mass is 9.94. The molecule has 0 spiro atoms. The quantitative estimate of drug-likeness (QED) is 0.341. The zero-order valence-electron chi connectivity index (χ0n) is 18.7. The van der Waals surface area contributed by atoms with Crippen LogP contribution in [0.5, 0.6) is 0 Å². The molecule has 5 heteroatoms. The molecule has 0 amide bonds. The van der Waals surface area contributed by atoms with E-state index in [0.29, 0.717) is 22.3 Å². The molecule has 2 aliphatic carbocycles. The fourth-order valence-electron chi connectivity index (χ4n) is 4.58. The molecule has 6 rings (SSSR count). The van der Waals surface area contributed by atoms with Gasteiger partial charge in [0.25, 0.3) is 0 Å². The van der Waals surface area contributed by atoms with Crippen LogP contribution in [0, 0.1) is 0 Å². The first-order valence-corrected chi connectivity index (χ1v) is 11.0. The Kier molecular flexibility index (Phi) is 6.90. The minimum atomic E-state index is -0.645. The lowest BCUT2D eigenvalue weighted by Crippen LogP contribution is -2.12. The zero-order valence-corrected chi connectivity index (χ0v) is 19.7. The van der Waals surface area contributed by atoms with Gasteiger partial charge in [-0.05, 0) is 11.1 Å². The summed E-state index contributed by atoms with van der Waals surface area (Å²) in [4.78, 5) is 48.7. The van der Waals surface area contributed by atoms with Crippen LogP contribution in [0.15, 0.2) is 109 Å². The summed E-state index contributed by atoms with van der Waals surface area (Å²) in [5.74, 6) is -1.63. The Bertz CT molecular complexity index is 1250. The van der Waals surface area contributed by atoms with Crippen molar-refractivity contribution in [1.82, 2.24) is 0 Å². The number of benzene rings is 4. The molecule has 4 aromatic rings. The van der Waals surface area contributed by atoms with Crippen LogP contribution in [0.1, 0.15) is 64.4 Å². The van der Waals surface area contributed by atoms with E-state index in [1.54, 1.807) is 48.5 Å². The molecule has 0 heterocycles. The second kappa shape index (κ2) is 10.0. The maximum absolute atomic E-state index is 12.2. The van der Waals surface area contributed by atoms with Crippen molar-refractivity contribution in [3.8, 4) is 0 Å². The van der Waals surface area contributed by atoms with E-state index in [-0.39, 0.29) is 36.6 Å². The summed E-state index contributed by atoms with van der Waals surface area (Å²) in [6.45, 7) is 0. The highest BCUT2D eigenvalue weighted by molar-refractivity contribution is 7.59. The Morgan fingerprint density at radius 1 is 0.343 bits per heavy atom. The molecule has 2 aliphatic rings. The van der Waals surface area contributed by atoms with Crippen molar-refractivity contribution >= 4 is 36.6 Å². The number of carbonyl (C=O) groups excluding carboxylic acids is 4. The van der Waals surface area contributed by atoms with Crippen LogP contribution < -0.4 is 0 Å². The molecule has 0 radical (unpaired) electrons. The van der Waals surface area contributed by atoms with Gasteiger partial charge in [0.2, 0.25) is 0 Å². The van der Waals surface area contributed by atoms with Gasteiger partial charge >= 0.3 is 0 Å². The number of Topliss-reactive ketones (excluding diaryl/α,β-unsaturated/α-hetero) is 4. The van der Waals surface area contributed by atoms with Gasteiger partial charge in [0.1, 0.15) is 11.8 Å². The van der Waals surface area contributed by atoms with Crippen molar-refractivity contribution in [3.63, 3.8) is 0 Å². The van der Waals surface area contributed by atoms with E-state index in [9.17, 15) is 19.2 Å². The fraction of sp³-hybridized carbons (Fsp3) is 0.0667. The Morgan fingerprint density at radius 2 is 0.571 bits per heavy atom. The molecule has 0 unspecified atom stereocenters. The van der Waals surface area contributed by atoms with E-state index in [2.05, 4.69) is 0 Å². The van der Waals surface area contributed by atoms with E-state index in [0.717, 1.165) is 11.1 Å². The average molecular weight is 479 g/mol. The van der Waals surface area contributed by atoms with Crippen molar-refractivity contribution in [1.29, 1.82) is 0 Å². The van der Waals surface area contributed by atoms with Crippen molar-refractivity contribution < 1.29 is 19.2 Å². The summed E-state index contributed by atoms with van der Waals surface area (Å²) in [5.41, 5.74) is 3.74. The number of ketones is 4. The van der Waals surface area contributed by atoms with Gasteiger partial charge in [0.15, 0.2) is 23.1 Å². The maximum atomic E-state index is 12.2. The summed E-state index contributed by atoms with van der Waals surface area (Å²) >= 11 is 0. The number of fused-ring (bicyclic) bond motifs is 2. The second-order valence-corrected chi connectivity index (χ2v) is 8.24. The summed E-state index contributed by atoms with van der Waals surface area (Å²) < 4.78 is 0. The lowest BCUT2D eigenvalue weighted by molar-refractivity contribution is 0.0874. The topological polar surface area (TPSA) is 68.3 Å². The first-order valence-electron chi connectivity index (χ1n) is 11.0. The summed E-state index contributed by atoms with van der Waals surface area (Å²) in [6.07, 6.45) is 0. The summed E-state index contributed by atoms with van der Waals surface area (Å²) in [6, 6.07) is 32.5. The molecule has 4 nitrogen and oxygen atoms in total. The van der Waals surface area contributed by atoms with Gasteiger partial charge in [-0.25, -0.2) is 0 Å². The summed E-state index contributed by atoms with van der Waals surface area (Å²) in [7, 11) is 0. The molecule has 0 N–H and O–H groups in total. The number of hydrogen-bond acceptors (Lipinski definition) is 4. The molecule has 0 saturated carbocycles. The van der Waals surface area contributed by atoms with Gasteiger partial charge in [-0.15, -0.1) is 0 Å². The normalized spacial score (nSPS) is 14.6. The number of hydrogen-bond donors (Lipinski definition) is 0. The molecular weight excluding hydrogens is 456 g/mol. The Hall–Kier alpha value is -4.09. The van der Waals surface area contributed by atoms with Crippen LogP contribution in [0.25, 0.3) is 0 Å². The smallest absolute Gasteiger partial charge is 0.178 e. The average Bonchev–Trinajstić information content (AvgIpc) is 3.30. The first-order chi connectivity index (χ1) is 16.6. The third-order valence-electron chi connectivity index (χ3n) is 6.23. The van der Waals surface area contributed by atoms with Crippen LogP contribution in [0.4, 0.5) is 0 Å². The van der Waals surface area contributed by atoms with Gasteiger partial charge in [0, 0.05) is 22.3 Å². The predicted molar refractivity (Wildman–Crippen MR) is 139 cm³/mol. The van der Waals surface area contributed by atoms with Gasteiger partial charge in [0.05, 0.1) is 0 Å². The highest BCUT2D eigenvalue weighted by Crippen LogP contribution is 2.34. The Labute approximate surface area is 210 Å². The lowest BCUT2D eigenvalue weighted by Gasteiger charge is -2.05. The third-order valence-corrected chi connectivity index (χ3v) is 6.23. The highest BCUT2D eigenvalue weighted by atomic mass is 32.1. The molecule has 0 saturated heterocycles. The fourth-order valence-corrected chi connectivity index (χ4v) is 4.58. The minimum absolute atomic E-state index is 0. The van der Waals surface area contributed by atoms with Gasteiger partial charge in [-0.1, -0.05) is 109 Å². The zero-order chi connectivity index (χ0) is 23.7. The Morgan fingerprint density at radius 3 is 0.829 bits per heavy atom. The predicted octanol–water partition coefficient (Wildman–Crippen LogP) is 5.81. The van der Waals surface area contributed by atoms with Gasteiger partial charge < -0.3 is 0 Å². The molecule has 4 aromatic carbocycles. The first kappa shape index (κ1) is 24.0. The van der Waals surface area contributed by atoms with Gasteiger partial charge in [-0.2, -0.15) is 13.5 Å². The Balaban J connectivity index is 0.000000160. The van der Waals surface area contributed by atoms with Gasteiger partial charge in [-0.3, -0.25) is 19.2 Å². The maximum Gasteiger partial charge on any atom is 0.178 e. The van der Waals surface area contributed by atoms with Crippen LogP contribution >= 0.6 is 13.5 Å². The monoisotopic (exact) mass is 478 g/mol. The molecule has 0 fully saturated rings. The van der Waals surface area contributed by atoms with Crippen molar-refractivity contribution in [2.75, 3.05) is 0 Å². The molecule has 0 atom stereocenters. The SMILES string of the molecule is O=C1c2ccccc2C(=O)C1c1ccccc1.O=C1c2ccccc2C(=O)C1c1ccccc1.S. The number of rotatable bonds is 2.